The lowest BCUT2D eigenvalue weighted by atomic mass is 9.86. The summed E-state index contributed by atoms with van der Waals surface area (Å²) >= 11 is 3.71. The van der Waals surface area contributed by atoms with E-state index in [1.807, 2.05) is 22.7 Å². The van der Waals surface area contributed by atoms with Gasteiger partial charge in [-0.25, -0.2) is 0 Å². The van der Waals surface area contributed by atoms with E-state index >= 15 is 0 Å². The Bertz CT molecular complexity index is 3610. The lowest BCUT2D eigenvalue weighted by molar-refractivity contribution is 1.29. The molecule has 0 unspecified atom stereocenters. The molecule has 0 N–H and O–H groups in total. The van der Waals surface area contributed by atoms with Crippen LogP contribution in [0.4, 0.5) is 34.1 Å². The van der Waals surface area contributed by atoms with E-state index in [1.165, 1.54) is 84.1 Å². The Morgan fingerprint density at radius 3 is 0.879 bits per heavy atom. The van der Waals surface area contributed by atoms with Crippen molar-refractivity contribution in [2.45, 2.75) is 0 Å². The lowest BCUT2D eigenvalue weighted by Gasteiger charge is -2.26. The Morgan fingerprint density at radius 2 is 0.500 bits per heavy atom. The molecule has 2 nitrogen and oxygen atoms in total. The fourth-order valence-corrected chi connectivity index (χ4v) is 12.2. The van der Waals surface area contributed by atoms with Gasteiger partial charge >= 0.3 is 0 Å². The summed E-state index contributed by atoms with van der Waals surface area (Å²) < 4.78 is 5.23. The molecule has 66 heavy (non-hydrogen) atoms. The molecule has 0 radical (unpaired) electrons. The first-order chi connectivity index (χ1) is 32.7. The molecule has 0 saturated carbocycles. The van der Waals surface area contributed by atoms with Crippen LogP contribution in [-0.4, -0.2) is 0 Å². The first-order valence-electron chi connectivity index (χ1n) is 22.4. The van der Waals surface area contributed by atoms with Crippen LogP contribution < -0.4 is 9.80 Å². The average Bonchev–Trinajstić information content (AvgIpc) is 3.95. The molecule has 0 aliphatic rings. The minimum atomic E-state index is 1.11. The van der Waals surface area contributed by atoms with Gasteiger partial charge in [0.2, 0.25) is 0 Å². The van der Waals surface area contributed by atoms with Crippen molar-refractivity contribution in [1.29, 1.82) is 0 Å². The van der Waals surface area contributed by atoms with Crippen LogP contribution in [-0.2, 0) is 0 Å². The minimum Gasteiger partial charge on any atom is -0.310 e. The fraction of sp³-hybridized carbons (Fsp3) is 0. The maximum absolute atomic E-state index is 2.37. The van der Waals surface area contributed by atoms with Gasteiger partial charge in [0.15, 0.2) is 0 Å². The SMILES string of the molecule is c1ccc(N(c2ccc(-c3c4ccccc4c(-c4ccc(N(c5ccccc5)c5ccc6sc7ccccc7c6c5)cc4)c4ccccc34)cc2)c2ccc3sc4ccccc4c3c2)cc1. The normalized spacial score (nSPS) is 11.6. The maximum atomic E-state index is 2.37. The van der Waals surface area contributed by atoms with Crippen LogP contribution in [0.1, 0.15) is 0 Å². The smallest absolute Gasteiger partial charge is 0.0468 e. The van der Waals surface area contributed by atoms with Crippen LogP contribution in [0.3, 0.4) is 0 Å². The van der Waals surface area contributed by atoms with E-state index in [-0.39, 0.29) is 0 Å². The summed E-state index contributed by atoms with van der Waals surface area (Å²) in [6.45, 7) is 0. The first kappa shape index (κ1) is 38.4. The van der Waals surface area contributed by atoms with Crippen molar-refractivity contribution in [3.8, 4) is 22.3 Å². The Morgan fingerprint density at radius 1 is 0.212 bits per heavy atom. The molecule has 2 heterocycles. The predicted molar refractivity (Wildman–Crippen MR) is 287 cm³/mol. The standard InChI is InChI=1S/C62H40N2S2/c1-3-15-43(16-4-1)63(47-35-37-59-55(39-47)49-19-11-13-25-57(49)65-59)45-31-27-41(28-32-45)61-51-21-7-9-23-53(51)62(54-24-10-8-22-52(54)61)42-29-33-46(34-30-42)64(44-17-5-2-6-18-44)48-36-38-60-56(40-48)50-20-12-14-26-58(50)66-60/h1-40H. The molecule has 0 atom stereocenters. The Labute approximate surface area is 391 Å². The second-order valence-electron chi connectivity index (χ2n) is 16.8. The maximum Gasteiger partial charge on any atom is 0.0468 e. The number of benzene rings is 11. The van der Waals surface area contributed by atoms with Gasteiger partial charge in [-0.05, 0) is 141 Å². The van der Waals surface area contributed by atoms with Crippen LogP contribution >= 0.6 is 22.7 Å². The molecule has 13 aromatic rings. The van der Waals surface area contributed by atoms with Gasteiger partial charge in [0, 0.05) is 74.5 Å². The van der Waals surface area contributed by atoms with E-state index in [0.29, 0.717) is 0 Å². The van der Waals surface area contributed by atoms with Crippen molar-refractivity contribution < 1.29 is 0 Å². The molecule has 0 aliphatic heterocycles. The number of rotatable bonds is 8. The molecule has 4 heteroatoms. The molecule has 0 saturated heterocycles. The fourth-order valence-electron chi connectivity index (χ4n) is 10.1. The summed E-state index contributed by atoms with van der Waals surface area (Å²) in [5, 5.41) is 10.1. The molecule has 11 aromatic carbocycles. The summed E-state index contributed by atoms with van der Waals surface area (Å²) in [6.07, 6.45) is 0. The summed E-state index contributed by atoms with van der Waals surface area (Å²) in [6, 6.07) is 88.9. The molecule has 0 fully saturated rings. The van der Waals surface area contributed by atoms with Crippen molar-refractivity contribution in [3.05, 3.63) is 243 Å². The highest BCUT2D eigenvalue weighted by Crippen LogP contribution is 2.47. The van der Waals surface area contributed by atoms with E-state index in [2.05, 4.69) is 252 Å². The molecular formula is C62H40N2S2. The number of thiophene rings is 2. The van der Waals surface area contributed by atoms with Crippen LogP contribution in [0.5, 0.6) is 0 Å². The highest BCUT2D eigenvalue weighted by atomic mass is 32.1. The van der Waals surface area contributed by atoms with Crippen LogP contribution in [0.15, 0.2) is 243 Å². The van der Waals surface area contributed by atoms with E-state index in [9.17, 15) is 0 Å². The monoisotopic (exact) mass is 876 g/mol. The van der Waals surface area contributed by atoms with Gasteiger partial charge in [-0.15, -0.1) is 22.7 Å². The van der Waals surface area contributed by atoms with Crippen LogP contribution in [0, 0.1) is 0 Å². The molecule has 310 valence electrons. The highest BCUT2D eigenvalue weighted by molar-refractivity contribution is 7.26. The third kappa shape index (κ3) is 6.45. The molecule has 0 amide bonds. The van der Waals surface area contributed by atoms with Gasteiger partial charge in [-0.3, -0.25) is 0 Å². The number of fused-ring (bicyclic) bond motifs is 8. The van der Waals surface area contributed by atoms with E-state index in [0.717, 1.165) is 34.1 Å². The molecular weight excluding hydrogens is 837 g/mol. The number of nitrogens with zero attached hydrogens (tertiary/aromatic N) is 2. The largest absolute Gasteiger partial charge is 0.310 e. The van der Waals surface area contributed by atoms with E-state index in [4.69, 9.17) is 0 Å². The van der Waals surface area contributed by atoms with Crippen molar-refractivity contribution in [3.63, 3.8) is 0 Å². The summed E-state index contributed by atoms with van der Waals surface area (Å²) in [4.78, 5) is 4.75. The first-order valence-corrected chi connectivity index (χ1v) is 24.0. The predicted octanol–water partition coefficient (Wildman–Crippen LogP) is 19.0. The van der Waals surface area contributed by atoms with Crippen LogP contribution in [0.2, 0.25) is 0 Å². The average molecular weight is 877 g/mol. The van der Waals surface area contributed by atoms with Crippen molar-refractivity contribution in [2.75, 3.05) is 9.80 Å². The van der Waals surface area contributed by atoms with Gasteiger partial charge in [0.1, 0.15) is 0 Å². The number of hydrogen-bond donors (Lipinski definition) is 0. The van der Waals surface area contributed by atoms with Gasteiger partial charge in [-0.1, -0.05) is 146 Å². The zero-order valence-corrected chi connectivity index (χ0v) is 37.4. The summed E-state index contributed by atoms with van der Waals surface area (Å²) in [5.41, 5.74) is 11.6. The number of para-hydroxylation sites is 2. The van der Waals surface area contributed by atoms with Gasteiger partial charge in [0.25, 0.3) is 0 Å². The van der Waals surface area contributed by atoms with E-state index in [1.54, 1.807) is 0 Å². The van der Waals surface area contributed by atoms with E-state index < -0.39 is 0 Å². The molecule has 0 bridgehead atoms. The Kier molecular flexibility index (Phi) is 9.26. The third-order valence-corrected chi connectivity index (χ3v) is 15.3. The van der Waals surface area contributed by atoms with Gasteiger partial charge < -0.3 is 9.80 Å². The number of anilines is 6. The van der Waals surface area contributed by atoms with Crippen molar-refractivity contribution in [2.24, 2.45) is 0 Å². The highest BCUT2D eigenvalue weighted by Gasteiger charge is 2.20. The lowest BCUT2D eigenvalue weighted by Crippen LogP contribution is -2.09. The summed E-state index contributed by atoms with van der Waals surface area (Å²) in [5.74, 6) is 0. The molecule has 13 rings (SSSR count). The zero-order chi connectivity index (χ0) is 43.6. The second-order valence-corrected chi connectivity index (χ2v) is 19.0. The second kappa shape index (κ2) is 15.9. The van der Waals surface area contributed by atoms with Gasteiger partial charge in [0.05, 0.1) is 0 Å². The molecule has 0 spiro atoms. The summed E-state index contributed by atoms with van der Waals surface area (Å²) in [7, 11) is 0. The Hall–Kier alpha value is -8.02. The minimum absolute atomic E-state index is 1.11. The van der Waals surface area contributed by atoms with Crippen molar-refractivity contribution >= 4 is 119 Å². The van der Waals surface area contributed by atoms with Crippen molar-refractivity contribution in [1.82, 2.24) is 0 Å². The number of hydrogen-bond acceptors (Lipinski definition) is 4. The van der Waals surface area contributed by atoms with Gasteiger partial charge in [-0.2, -0.15) is 0 Å². The topological polar surface area (TPSA) is 6.48 Å². The quantitative estimate of drug-likeness (QED) is 0.140. The molecule has 0 aliphatic carbocycles. The molecule has 2 aromatic heterocycles. The van der Waals surface area contributed by atoms with Crippen LogP contribution in [0.25, 0.3) is 84.1 Å². The third-order valence-electron chi connectivity index (χ3n) is 13.0. The Balaban J connectivity index is 0.912. The zero-order valence-electron chi connectivity index (χ0n) is 35.8.